The molecule has 142 valence electrons. The summed E-state index contributed by atoms with van der Waals surface area (Å²) in [6.07, 6.45) is -0.640. The van der Waals surface area contributed by atoms with E-state index in [0.717, 1.165) is 5.56 Å². The minimum absolute atomic E-state index is 0.0813. The fourth-order valence-corrected chi connectivity index (χ4v) is 2.04. The summed E-state index contributed by atoms with van der Waals surface area (Å²) >= 11 is 0. The van der Waals surface area contributed by atoms with E-state index in [9.17, 15) is 19.5 Å². The minimum Gasteiger partial charge on any atom is -0.504 e. The molecule has 0 radical (unpaired) electrons. The van der Waals surface area contributed by atoms with Crippen LogP contribution in [0.4, 0.5) is 10.5 Å². The van der Waals surface area contributed by atoms with Crippen molar-refractivity contribution in [2.45, 2.75) is 20.0 Å². The van der Waals surface area contributed by atoms with E-state index in [0.29, 0.717) is 0 Å². The number of aromatic hydroxyl groups is 1. The number of carbonyl (C=O) groups is 3. The molecule has 0 saturated carbocycles. The fourth-order valence-electron chi connectivity index (χ4n) is 2.04. The Labute approximate surface area is 156 Å². The summed E-state index contributed by atoms with van der Waals surface area (Å²) in [5, 5.41) is 14.6. The summed E-state index contributed by atoms with van der Waals surface area (Å²) in [6, 6.07) is 13.4. The highest BCUT2D eigenvalue weighted by molar-refractivity contribution is 5.96. The van der Waals surface area contributed by atoms with Gasteiger partial charge in [-0.15, -0.1) is 0 Å². The molecule has 0 bridgehead atoms. The normalized spacial score (nSPS) is 9.96. The zero-order chi connectivity index (χ0) is 19.6. The van der Waals surface area contributed by atoms with Gasteiger partial charge in [0.2, 0.25) is 5.91 Å². The van der Waals surface area contributed by atoms with Crippen LogP contribution in [0.15, 0.2) is 48.5 Å². The van der Waals surface area contributed by atoms with Crippen LogP contribution in [0.2, 0.25) is 0 Å². The first-order valence-electron chi connectivity index (χ1n) is 8.26. The Morgan fingerprint density at radius 3 is 2.48 bits per heavy atom. The Bertz CT molecular complexity index is 807. The summed E-state index contributed by atoms with van der Waals surface area (Å²) in [6.45, 7) is 1.33. The maximum Gasteiger partial charge on any atom is 0.407 e. The summed E-state index contributed by atoms with van der Waals surface area (Å²) in [5.41, 5.74) is 0.931. The third-order valence-electron chi connectivity index (χ3n) is 3.38. The van der Waals surface area contributed by atoms with Crippen molar-refractivity contribution in [2.24, 2.45) is 0 Å². The van der Waals surface area contributed by atoms with Gasteiger partial charge in [0.1, 0.15) is 13.2 Å². The SMILES string of the molecule is CCC(=O)Oc1c(O)cccc1NC(=O)CNC(=O)OCc1ccccc1. The fraction of sp³-hybridized carbons (Fsp3) is 0.211. The van der Waals surface area contributed by atoms with Gasteiger partial charge >= 0.3 is 12.1 Å². The molecule has 0 unspecified atom stereocenters. The van der Waals surface area contributed by atoms with Crippen LogP contribution in [0.5, 0.6) is 11.5 Å². The number of hydrogen-bond acceptors (Lipinski definition) is 6. The number of hydrogen-bond donors (Lipinski definition) is 3. The molecule has 0 saturated heterocycles. The van der Waals surface area contributed by atoms with Crippen LogP contribution in [0, 0.1) is 0 Å². The number of nitrogens with one attached hydrogen (secondary N) is 2. The molecular weight excluding hydrogens is 352 g/mol. The molecule has 0 spiro atoms. The van der Waals surface area contributed by atoms with Gasteiger partial charge in [0.05, 0.1) is 5.69 Å². The Morgan fingerprint density at radius 1 is 1.04 bits per heavy atom. The van der Waals surface area contributed by atoms with E-state index >= 15 is 0 Å². The van der Waals surface area contributed by atoms with Gasteiger partial charge < -0.3 is 25.2 Å². The smallest absolute Gasteiger partial charge is 0.407 e. The van der Waals surface area contributed by atoms with Gasteiger partial charge in [0, 0.05) is 6.42 Å². The van der Waals surface area contributed by atoms with E-state index in [1.807, 2.05) is 18.2 Å². The first kappa shape index (κ1) is 19.8. The van der Waals surface area contributed by atoms with E-state index in [2.05, 4.69) is 10.6 Å². The number of para-hydroxylation sites is 1. The van der Waals surface area contributed by atoms with Gasteiger partial charge in [-0.05, 0) is 17.7 Å². The van der Waals surface area contributed by atoms with Crippen LogP contribution >= 0.6 is 0 Å². The average molecular weight is 372 g/mol. The summed E-state index contributed by atoms with van der Waals surface area (Å²) < 4.78 is 10.0. The molecule has 8 heteroatoms. The highest BCUT2D eigenvalue weighted by Crippen LogP contribution is 2.34. The average Bonchev–Trinajstić information content (AvgIpc) is 2.68. The van der Waals surface area contributed by atoms with Crippen LogP contribution in [-0.2, 0) is 20.9 Å². The van der Waals surface area contributed by atoms with Crippen LogP contribution in [0.3, 0.4) is 0 Å². The van der Waals surface area contributed by atoms with E-state index in [4.69, 9.17) is 9.47 Å². The second-order valence-corrected chi connectivity index (χ2v) is 5.44. The van der Waals surface area contributed by atoms with Crippen LogP contribution in [0.1, 0.15) is 18.9 Å². The van der Waals surface area contributed by atoms with Crippen molar-refractivity contribution < 1.29 is 29.0 Å². The quantitative estimate of drug-likeness (QED) is 0.508. The van der Waals surface area contributed by atoms with Crippen LogP contribution in [-0.4, -0.2) is 29.6 Å². The topological polar surface area (TPSA) is 114 Å². The van der Waals surface area contributed by atoms with Crippen LogP contribution < -0.4 is 15.4 Å². The molecular formula is C19H20N2O6. The van der Waals surface area contributed by atoms with Gasteiger partial charge in [-0.2, -0.15) is 0 Å². The lowest BCUT2D eigenvalue weighted by Crippen LogP contribution is -2.33. The molecule has 0 atom stereocenters. The lowest BCUT2D eigenvalue weighted by molar-refractivity contribution is -0.134. The molecule has 2 rings (SSSR count). The number of amides is 2. The first-order chi connectivity index (χ1) is 13.0. The molecule has 0 aliphatic rings. The number of benzene rings is 2. The van der Waals surface area contributed by atoms with Crippen molar-refractivity contribution in [1.29, 1.82) is 0 Å². The third-order valence-corrected chi connectivity index (χ3v) is 3.38. The predicted molar refractivity (Wildman–Crippen MR) is 97.3 cm³/mol. The lowest BCUT2D eigenvalue weighted by Gasteiger charge is -2.12. The summed E-state index contributed by atoms with van der Waals surface area (Å²) in [4.78, 5) is 35.1. The van der Waals surface area contributed by atoms with Crippen molar-refractivity contribution in [3.05, 3.63) is 54.1 Å². The number of esters is 1. The maximum absolute atomic E-state index is 12.0. The van der Waals surface area contributed by atoms with E-state index < -0.39 is 18.0 Å². The molecule has 2 aromatic carbocycles. The Balaban J connectivity index is 1.86. The zero-order valence-electron chi connectivity index (χ0n) is 14.7. The van der Waals surface area contributed by atoms with Gasteiger partial charge in [-0.1, -0.05) is 43.3 Å². The molecule has 0 aliphatic carbocycles. The number of ether oxygens (including phenoxy) is 2. The third kappa shape index (κ3) is 6.35. The number of phenols is 1. The van der Waals surface area contributed by atoms with Gasteiger partial charge in [0.15, 0.2) is 11.5 Å². The second kappa shape index (κ2) is 9.81. The molecule has 0 aromatic heterocycles. The maximum atomic E-state index is 12.0. The molecule has 2 aromatic rings. The predicted octanol–water partition coefficient (Wildman–Crippen LogP) is 2.57. The highest BCUT2D eigenvalue weighted by Gasteiger charge is 2.15. The standard InChI is InChI=1S/C19H20N2O6/c1-2-17(24)27-18-14(9-6-10-15(18)22)21-16(23)11-20-19(25)26-12-13-7-4-3-5-8-13/h3-10,22H,2,11-12H2,1H3,(H,20,25)(H,21,23). The zero-order valence-corrected chi connectivity index (χ0v) is 14.7. The molecule has 0 fully saturated rings. The molecule has 8 nitrogen and oxygen atoms in total. The van der Waals surface area contributed by atoms with Crippen molar-refractivity contribution in [3.8, 4) is 11.5 Å². The first-order valence-corrected chi connectivity index (χ1v) is 8.26. The minimum atomic E-state index is -0.748. The van der Waals surface area contributed by atoms with Crippen LogP contribution in [0.25, 0.3) is 0 Å². The molecule has 0 aliphatic heterocycles. The number of carbonyl (C=O) groups excluding carboxylic acids is 3. The van der Waals surface area contributed by atoms with Gasteiger partial charge in [0.25, 0.3) is 0 Å². The Morgan fingerprint density at radius 2 is 1.78 bits per heavy atom. The van der Waals surface area contributed by atoms with Crippen molar-refractivity contribution in [1.82, 2.24) is 5.32 Å². The second-order valence-electron chi connectivity index (χ2n) is 5.44. The molecule has 27 heavy (non-hydrogen) atoms. The summed E-state index contributed by atoms with van der Waals surface area (Å²) in [5.74, 6) is -1.57. The van der Waals surface area contributed by atoms with Crippen molar-refractivity contribution in [2.75, 3.05) is 11.9 Å². The molecule has 3 N–H and O–H groups in total. The van der Waals surface area contributed by atoms with Gasteiger partial charge in [-0.3, -0.25) is 9.59 Å². The van der Waals surface area contributed by atoms with E-state index in [1.54, 1.807) is 19.1 Å². The summed E-state index contributed by atoms with van der Waals surface area (Å²) in [7, 11) is 0. The Hall–Kier alpha value is -3.55. The molecule has 2 amide bonds. The van der Waals surface area contributed by atoms with Gasteiger partial charge in [-0.25, -0.2) is 4.79 Å². The number of phenolic OH excluding ortho intramolecular Hbond substituents is 1. The van der Waals surface area contributed by atoms with E-state index in [-0.39, 0.29) is 36.8 Å². The largest absolute Gasteiger partial charge is 0.504 e. The Kier molecular flexibility index (Phi) is 7.18. The highest BCUT2D eigenvalue weighted by atomic mass is 16.5. The van der Waals surface area contributed by atoms with Crippen molar-refractivity contribution >= 4 is 23.7 Å². The lowest BCUT2D eigenvalue weighted by atomic mass is 10.2. The number of alkyl carbamates (subject to hydrolysis) is 1. The molecule has 0 heterocycles. The van der Waals surface area contributed by atoms with Crippen molar-refractivity contribution in [3.63, 3.8) is 0 Å². The number of anilines is 1. The van der Waals surface area contributed by atoms with E-state index in [1.165, 1.54) is 18.2 Å². The number of rotatable bonds is 7. The monoisotopic (exact) mass is 372 g/mol.